The van der Waals surface area contributed by atoms with E-state index in [4.69, 9.17) is 9.79 Å². The van der Waals surface area contributed by atoms with Crippen molar-refractivity contribution < 1.29 is 43.2 Å². The van der Waals surface area contributed by atoms with Crippen molar-refractivity contribution in [2.45, 2.75) is 51.1 Å². The lowest BCUT2D eigenvalue weighted by Crippen LogP contribution is -2.68. The molecule has 0 fully saturated rings. The second-order valence-electron chi connectivity index (χ2n) is 8.54. The van der Waals surface area contributed by atoms with Crippen molar-refractivity contribution in [3.8, 4) is 5.75 Å². The Bertz CT molecular complexity index is 1170. The zero-order valence-corrected chi connectivity index (χ0v) is 21.9. The van der Waals surface area contributed by atoms with E-state index in [1.807, 2.05) is 30.3 Å². The number of phosphoric acid groups is 1. The van der Waals surface area contributed by atoms with Gasteiger partial charge in [-0.3, -0.25) is 24.2 Å². The highest BCUT2D eigenvalue weighted by atomic mass is 31.2. The molecule has 12 nitrogen and oxygen atoms in total. The monoisotopic (exact) mass is 549 g/mol. The van der Waals surface area contributed by atoms with Gasteiger partial charge in [-0.15, -0.1) is 0 Å². The molecule has 0 aromatic heterocycles. The predicted molar refractivity (Wildman–Crippen MR) is 137 cm³/mol. The first-order chi connectivity index (χ1) is 17.9. The number of carbonyl (C=O) groups is 4. The smallest absolute Gasteiger partial charge is 0.478 e. The van der Waals surface area contributed by atoms with Gasteiger partial charge in [-0.05, 0) is 36.1 Å². The Labute approximate surface area is 220 Å². The number of rotatable bonds is 14. The molecule has 0 aliphatic carbocycles. The summed E-state index contributed by atoms with van der Waals surface area (Å²) < 4.78 is 15.7. The lowest BCUT2D eigenvalue weighted by atomic mass is 9.82. The largest absolute Gasteiger partial charge is 0.524 e. The van der Waals surface area contributed by atoms with Crippen molar-refractivity contribution in [1.82, 2.24) is 16.0 Å². The van der Waals surface area contributed by atoms with Crippen molar-refractivity contribution in [1.29, 1.82) is 0 Å². The quantitative estimate of drug-likeness (QED) is 0.116. The molecule has 0 saturated heterocycles. The maximum atomic E-state index is 12.9. The highest BCUT2D eigenvalue weighted by molar-refractivity contribution is 7.46. The summed E-state index contributed by atoms with van der Waals surface area (Å²) in [5.74, 6) is -5.09. The van der Waals surface area contributed by atoms with E-state index < -0.39 is 49.5 Å². The number of aliphatic carboxylic acids is 1. The van der Waals surface area contributed by atoms with Gasteiger partial charge in [-0.1, -0.05) is 49.4 Å². The third-order valence-electron chi connectivity index (χ3n) is 5.59. The van der Waals surface area contributed by atoms with Gasteiger partial charge in [0.05, 0.1) is 0 Å². The van der Waals surface area contributed by atoms with Gasteiger partial charge in [-0.25, -0.2) is 9.36 Å². The maximum absolute atomic E-state index is 12.9. The number of aryl methyl sites for hydroxylation is 1. The summed E-state index contributed by atoms with van der Waals surface area (Å²) in [6, 6.07) is 14.6. The summed E-state index contributed by atoms with van der Waals surface area (Å²) in [6.45, 7) is 2.88. The number of hydrogen-bond donors (Lipinski definition) is 6. The van der Waals surface area contributed by atoms with Gasteiger partial charge < -0.3 is 25.6 Å². The Morgan fingerprint density at radius 1 is 0.974 bits per heavy atom. The minimum atomic E-state index is -4.85. The van der Waals surface area contributed by atoms with Crippen LogP contribution in [-0.2, 0) is 30.2 Å². The van der Waals surface area contributed by atoms with Crippen LogP contribution in [-0.4, -0.2) is 50.8 Å². The average molecular weight is 550 g/mol. The molecule has 2 aromatic carbocycles. The number of benzene rings is 2. The summed E-state index contributed by atoms with van der Waals surface area (Å²) in [5.41, 5.74) is -1.11. The van der Waals surface area contributed by atoms with E-state index in [1.54, 1.807) is 0 Å². The van der Waals surface area contributed by atoms with Crippen LogP contribution in [0.1, 0.15) is 50.2 Å². The molecule has 38 heavy (non-hydrogen) atoms. The third-order valence-corrected chi connectivity index (χ3v) is 6.04. The SMILES string of the molecule is CCC(=O)NC(NC(C)=O)(C(=O)O)C(CC(=O)NCCCc1ccccc1)c1ccc(OP(=O)(O)O)cc1. The van der Waals surface area contributed by atoms with Gasteiger partial charge in [0.2, 0.25) is 23.4 Å². The molecule has 3 amide bonds. The van der Waals surface area contributed by atoms with Crippen molar-refractivity contribution in [3.63, 3.8) is 0 Å². The Morgan fingerprint density at radius 2 is 1.61 bits per heavy atom. The summed E-state index contributed by atoms with van der Waals surface area (Å²) in [5, 5.41) is 17.6. The van der Waals surface area contributed by atoms with Crippen molar-refractivity contribution in [3.05, 3.63) is 65.7 Å². The number of hydrogen-bond acceptors (Lipinski definition) is 6. The van der Waals surface area contributed by atoms with Gasteiger partial charge in [0.15, 0.2) is 0 Å². The van der Waals surface area contributed by atoms with Gasteiger partial charge in [0.1, 0.15) is 5.75 Å². The number of carboxylic acids is 1. The van der Waals surface area contributed by atoms with Gasteiger partial charge in [0.25, 0.3) is 0 Å². The maximum Gasteiger partial charge on any atom is 0.524 e. The number of carboxylic acid groups (broad SMARTS) is 1. The zero-order valence-electron chi connectivity index (χ0n) is 21.0. The van der Waals surface area contributed by atoms with E-state index in [-0.39, 0.29) is 17.7 Å². The van der Waals surface area contributed by atoms with E-state index in [0.29, 0.717) is 19.4 Å². The van der Waals surface area contributed by atoms with E-state index in [1.165, 1.54) is 31.2 Å². The molecule has 0 aliphatic heterocycles. The fourth-order valence-electron chi connectivity index (χ4n) is 3.89. The van der Waals surface area contributed by atoms with Crippen LogP contribution in [0.25, 0.3) is 0 Å². The van der Waals surface area contributed by atoms with Crippen LogP contribution >= 0.6 is 7.82 Å². The molecule has 0 heterocycles. The van der Waals surface area contributed by atoms with Crippen LogP contribution < -0.4 is 20.5 Å². The van der Waals surface area contributed by atoms with Gasteiger partial charge in [0, 0.05) is 32.2 Å². The minimum absolute atomic E-state index is 0.0952. The Hall–Kier alpha value is -3.73. The first-order valence-corrected chi connectivity index (χ1v) is 13.4. The van der Waals surface area contributed by atoms with E-state index >= 15 is 0 Å². The molecule has 0 saturated carbocycles. The van der Waals surface area contributed by atoms with Crippen LogP contribution in [0.5, 0.6) is 5.75 Å². The molecule has 0 spiro atoms. The standard InChI is InChI=1S/C25H32N3O9P/c1-3-22(30)28-25(24(32)33,27-17(2)29)21(19-11-13-20(14-12-19)37-38(34,35)36)16-23(31)26-15-7-10-18-8-5-4-6-9-18/h4-6,8-9,11-14,21H,3,7,10,15-16H2,1-2H3,(H,26,31)(H,27,29)(H,28,30)(H,32,33)(H2,34,35,36). The van der Waals surface area contributed by atoms with Gasteiger partial charge >= 0.3 is 13.8 Å². The number of amides is 3. The third kappa shape index (κ3) is 9.29. The molecule has 0 aliphatic rings. The molecular weight excluding hydrogens is 517 g/mol. The second-order valence-corrected chi connectivity index (χ2v) is 9.71. The summed E-state index contributed by atoms with van der Waals surface area (Å²) >= 11 is 0. The highest BCUT2D eigenvalue weighted by Gasteiger charge is 2.49. The van der Waals surface area contributed by atoms with Crippen LogP contribution in [0.15, 0.2) is 54.6 Å². The number of nitrogens with one attached hydrogen (secondary N) is 3. The molecule has 2 atom stereocenters. The Kier molecular flexibility index (Phi) is 11.0. The average Bonchev–Trinajstić information content (AvgIpc) is 2.84. The molecule has 0 bridgehead atoms. The summed E-state index contributed by atoms with van der Waals surface area (Å²) in [6.07, 6.45) is 0.795. The Morgan fingerprint density at radius 3 is 2.13 bits per heavy atom. The van der Waals surface area contributed by atoms with Crippen LogP contribution in [0.4, 0.5) is 0 Å². The molecule has 0 radical (unpaired) electrons. The molecule has 2 aromatic rings. The van der Waals surface area contributed by atoms with E-state index in [0.717, 1.165) is 12.5 Å². The predicted octanol–water partition coefficient (Wildman–Crippen LogP) is 1.82. The fraction of sp³-hybridized carbons (Fsp3) is 0.360. The van der Waals surface area contributed by atoms with Crippen molar-refractivity contribution in [2.75, 3.05) is 6.54 Å². The molecule has 6 N–H and O–H groups in total. The topological polar surface area (TPSA) is 191 Å². The Balaban J connectivity index is 2.36. The molecule has 206 valence electrons. The summed E-state index contributed by atoms with van der Waals surface area (Å²) in [7, 11) is -4.85. The molecule has 2 rings (SSSR count). The first kappa shape index (κ1) is 30.5. The van der Waals surface area contributed by atoms with Crippen molar-refractivity contribution >= 4 is 31.5 Å². The normalized spacial score (nSPS) is 13.5. The van der Waals surface area contributed by atoms with E-state index in [9.17, 15) is 28.8 Å². The zero-order chi connectivity index (χ0) is 28.3. The second kappa shape index (κ2) is 13.7. The summed E-state index contributed by atoms with van der Waals surface area (Å²) in [4.78, 5) is 68.0. The molecule has 2 unspecified atom stereocenters. The fourth-order valence-corrected chi connectivity index (χ4v) is 4.29. The molecule has 13 heteroatoms. The lowest BCUT2D eigenvalue weighted by Gasteiger charge is -2.38. The minimum Gasteiger partial charge on any atom is -0.478 e. The molecular formula is C25H32N3O9P. The first-order valence-electron chi connectivity index (χ1n) is 11.8. The van der Waals surface area contributed by atoms with Crippen molar-refractivity contribution in [2.24, 2.45) is 0 Å². The van der Waals surface area contributed by atoms with Crippen LogP contribution in [0.2, 0.25) is 0 Å². The number of phosphoric ester groups is 1. The highest BCUT2D eigenvalue weighted by Crippen LogP contribution is 2.39. The lowest BCUT2D eigenvalue weighted by molar-refractivity contribution is -0.153. The van der Waals surface area contributed by atoms with Crippen LogP contribution in [0, 0.1) is 0 Å². The van der Waals surface area contributed by atoms with E-state index in [2.05, 4.69) is 20.5 Å². The van der Waals surface area contributed by atoms with Crippen LogP contribution in [0.3, 0.4) is 0 Å². The van der Waals surface area contributed by atoms with Gasteiger partial charge in [-0.2, -0.15) is 0 Å². The number of carbonyl (C=O) groups excluding carboxylic acids is 3.